The van der Waals surface area contributed by atoms with Gasteiger partial charge in [-0.15, -0.1) is 0 Å². The SMILES string of the molecule is CC(Oc1ccc(NC(=O)c2ccc(Cl)cc2Cl)cc1)C(=O)c1ccc(Cl)cc1. The van der Waals surface area contributed by atoms with Gasteiger partial charge in [-0.05, 0) is 73.7 Å². The third-order valence-corrected chi connectivity index (χ3v) is 4.90. The number of amides is 1. The fourth-order valence-electron chi connectivity index (χ4n) is 2.60. The second-order valence-electron chi connectivity index (χ2n) is 6.23. The molecule has 7 heteroatoms. The Labute approximate surface area is 183 Å². The number of rotatable bonds is 6. The molecule has 0 aliphatic heterocycles. The number of halogens is 3. The number of carbonyl (C=O) groups excluding carboxylic acids is 2. The molecular formula is C22H16Cl3NO3. The molecule has 0 aliphatic rings. The lowest BCUT2D eigenvalue weighted by molar-refractivity contribution is 0.0818. The number of benzene rings is 3. The van der Waals surface area contributed by atoms with E-state index in [-0.39, 0.29) is 16.7 Å². The van der Waals surface area contributed by atoms with Crippen molar-refractivity contribution < 1.29 is 14.3 Å². The maximum atomic E-state index is 12.4. The number of ketones is 1. The van der Waals surface area contributed by atoms with Gasteiger partial charge in [0.25, 0.3) is 5.91 Å². The molecule has 1 unspecified atom stereocenters. The number of anilines is 1. The molecule has 4 nitrogen and oxygen atoms in total. The maximum absolute atomic E-state index is 12.4. The Hall–Kier alpha value is -2.53. The highest BCUT2D eigenvalue weighted by atomic mass is 35.5. The quantitative estimate of drug-likeness (QED) is 0.435. The third-order valence-electron chi connectivity index (χ3n) is 4.10. The monoisotopic (exact) mass is 447 g/mol. The summed E-state index contributed by atoms with van der Waals surface area (Å²) < 4.78 is 5.71. The van der Waals surface area contributed by atoms with Crippen LogP contribution in [0, 0.1) is 0 Å². The van der Waals surface area contributed by atoms with E-state index in [0.717, 1.165) is 0 Å². The first-order chi connectivity index (χ1) is 13.8. The molecule has 1 N–H and O–H groups in total. The van der Waals surface area contributed by atoms with Gasteiger partial charge >= 0.3 is 0 Å². The summed E-state index contributed by atoms with van der Waals surface area (Å²) in [5.74, 6) is -0.00890. The predicted octanol–water partition coefficient (Wildman–Crippen LogP) is 6.55. The average Bonchev–Trinajstić information content (AvgIpc) is 2.69. The molecule has 0 heterocycles. The highest BCUT2D eigenvalue weighted by Gasteiger charge is 2.17. The molecule has 0 saturated carbocycles. The molecule has 0 aliphatic carbocycles. The van der Waals surface area contributed by atoms with E-state index < -0.39 is 6.10 Å². The largest absolute Gasteiger partial charge is 0.483 e. The average molecular weight is 449 g/mol. The fourth-order valence-corrected chi connectivity index (χ4v) is 3.22. The van der Waals surface area contributed by atoms with Crippen molar-refractivity contribution in [2.24, 2.45) is 0 Å². The molecular weight excluding hydrogens is 433 g/mol. The molecule has 0 aromatic heterocycles. The van der Waals surface area contributed by atoms with E-state index in [1.54, 1.807) is 67.6 Å². The summed E-state index contributed by atoms with van der Waals surface area (Å²) >= 11 is 17.8. The zero-order valence-corrected chi connectivity index (χ0v) is 17.6. The molecule has 29 heavy (non-hydrogen) atoms. The standard InChI is InChI=1S/C22H16Cl3NO3/c1-13(21(27)14-2-4-15(23)5-3-14)29-18-9-7-17(8-10-18)26-22(28)19-11-6-16(24)12-20(19)25/h2-13H,1H3,(H,26,28). The van der Waals surface area contributed by atoms with Gasteiger partial charge in [-0.3, -0.25) is 9.59 Å². The Balaban J connectivity index is 1.63. The Morgan fingerprint density at radius 2 is 1.48 bits per heavy atom. The van der Waals surface area contributed by atoms with Crippen LogP contribution >= 0.6 is 34.8 Å². The summed E-state index contributed by atoms with van der Waals surface area (Å²) in [5.41, 5.74) is 1.40. The Bertz CT molecular complexity index is 1030. The maximum Gasteiger partial charge on any atom is 0.257 e. The highest BCUT2D eigenvalue weighted by Crippen LogP contribution is 2.23. The topological polar surface area (TPSA) is 55.4 Å². The van der Waals surface area contributed by atoms with Gasteiger partial charge in [0.1, 0.15) is 5.75 Å². The van der Waals surface area contributed by atoms with Crippen LogP contribution in [0.1, 0.15) is 27.6 Å². The number of hydrogen-bond acceptors (Lipinski definition) is 3. The van der Waals surface area contributed by atoms with Crippen molar-refractivity contribution in [3.63, 3.8) is 0 Å². The lowest BCUT2D eigenvalue weighted by Gasteiger charge is -2.14. The van der Waals surface area contributed by atoms with Gasteiger partial charge in [0.15, 0.2) is 6.10 Å². The van der Waals surface area contributed by atoms with Crippen LogP contribution in [-0.2, 0) is 0 Å². The molecule has 0 radical (unpaired) electrons. The molecule has 148 valence electrons. The number of carbonyl (C=O) groups is 2. The molecule has 1 atom stereocenters. The molecule has 0 fully saturated rings. The van der Waals surface area contributed by atoms with Crippen LogP contribution in [0.3, 0.4) is 0 Å². The van der Waals surface area contributed by atoms with Crippen molar-refractivity contribution in [2.45, 2.75) is 13.0 Å². The van der Waals surface area contributed by atoms with Gasteiger partial charge in [-0.1, -0.05) is 34.8 Å². The fraction of sp³-hybridized carbons (Fsp3) is 0.0909. The zero-order valence-electron chi connectivity index (χ0n) is 15.3. The Kier molecular flexibility index (Phi) is 6.80. The van der Waals surface area contributed by atoms with Crippen LogP contribution in [0.25, 0.3) is 0 Å². The van der Waals surface area contributed by atoms with Gasteiger partial charge < -0.3 is 10.1 Å². The summed E-state index contributed by atoms with van der Waals surface area (Å²) in [6.07, 6.45) is -0.676. The molecule has 3 aromatic rings. The first kappa shape index (κ1) is 21.2. The van der Waals surface area contributed by atoms with Crippen LogP contribution in [0.15, 0.2) is 66.7 Å². The number of ether oxygens (including phenoxy) is 1. The summed E-state index contributed by atoms with van der Waals surface area (Å²) in [6, 6.07) is 18.0. The number of Topliss-reactive ketones (excluding diaryl/α,β-unsaturated/α-hetero) is 1. The summed E-state index contributed by atoms with van der Waals surface area (Å²) in [4.78, 5) is 24.8. The van der Waals surface area contributed by atoms with E-state index >= 15 is 0 Å². The minimum atomic E-state index is -0.676. The van der Waals surface area contributed by atoms with Gasteiger partial charge in [-0.25, -0.2) is 0 Å². The Morgan fingerprint density at radius 3 is 2.10 bits per heavy atom. The van der Waals surface area contributed by atoms with Crippen LogP contribution < -0.4 is 10.1 Å². The van der Waals surface area contributed by atoms with E-state index in [9.17, 15) is 9.59 Å². The summed E-state index contributed by atoms with van der Waals surface area (Å²) in [6.45, 7) is 1.68. The summed E-state index contributed by atoms with van der Waals surface area (Å²) in [7, 11) is 0. The van der Waals surface area contributed by atoms with E-state index in [1.165, 1.54) is 6.07 Å². The smallest absolute Gasteiger partial charge is 0.257 e. The lowest BCUT2D eigenvalue weighted by atomic mass is 10.1. The number of hydrogen-bond donors (Lipinski definition) is 1. The van der Waals surface area contributed by atoms with Crippen molar-refractivity contribution >= 4 is 52.2 Å². The van der Waals surface area contributed by atoms with Crippen LogP contribution in [0.4, 0.5) is 5.69 Å². The first-order valence-electron chi connectivity index (χ1n) is 8.66. The van der Waals surface area contributed by atoms with E-state index in [0.29, 0.717) is 32.6 Å². The van der Waals surface area contributed by atoms with Crippen molar-refractivity contribution in [1.29, 1.82) is 0 Å². The van der Waals surface area contributed by atoms with Gasteiger partial charge in [-0.2, -0.15) is 0 Å². The van der Waals surface area contributed by atoms with Gasteiger partial charge in [0.05, 0.1) is 10.6 Å². The van der Waals surface area contributed by atoms with Crippen LogP contribution in [0.5, 0.6) is 5.75 Å². The highest BCUT2D eigenvalue weighted by molar-refractivity contribution is 6.37. The van der Waals surface area contributed by atoms with E-state index in [2.05, 4.69) is 5.32 Å². The predicted molar refractivity (Wildman–Crippen MR) is 117 cm³/mol. The minimum absolute atomic E-state index is 0.156. The van der Waals surface area contributed by atoms with E-state index in [1.807, 2.05) is 0 Å². The minimum Gasteiger partial charge on any atom is -0.483 e. The Morgan fingerprint density at radius 1 is 0.862 bits per heavy atom. The molecule has 0 saturated heterocycles. The third kappa shape index (κ3) is 5.51. The molecule has 3 aromatic carbocycles. The first-order valence-corrected chi connectivity index (χ1v) is 9.80. The van der Waals surface area contributed by atoms with Crippen molar-refractivity contribution in [2.75, 3.05) is 5.32 Å². The molecule has 0 spiro atoms. The van der Waals surface area contributed by atoms with Crippen molar-refractivity contribution in [3.05, 3.63) is 92.9 Å². The molecule has 1 amide bonds. The van der Waals surface area contributed by atoms with Crippen molar-refractivity contribution in [3.8, 4) is 5.75 Å². The molecule has 0 bridgehead atoms. The van der Waals surface area contributed by atoms with Crippen molar-refractivity contribution in [1.82, 2.24) is 0 Å². The van der Waals surface area contributed by atoms with Gasteiger partial charge in [0.2, 0.25) is 5.78 Å². The van der Waals surface area contributed by atoms with Crippen LogP contribution in [0.2, 0.25) is 15.1 Å². The second kappa shape index (κ2) is 9.31. The summed E-state index contributed by atoms with van der Waals surface area (Å²) in [5, 5.41) is 4.04. The normalized spacial score (nSPS) is 11.6. The molecule has 3 rings (SSSR count). The lowest BCUT2D eigenvalue weighted by Crippen LogP contribution is -2.23. The van der Waals surface area contributed by atoms with E-state index in [4.69, 9.17) is 39.5 Å². The zero-order chi connectivity index (χ0) is 21.0. The number of nitrogens with one attached hydrogen (secondary N) is 1. The van der Waals surface area contributed by atoms with Crippen LogP contribution in [-0.4, -0.2) is 17.8 Å². The second-order valence-corrected chi connectivity index (χ2v) is 7.51. The van der Waals surface area contributed by atoms with Gasteiger partial charge in [0, 0.05) is 21.3 Å².